The zero-order chi connectivity index (χ0) is 19.0. The van der Waals surface area contributed by atoms with E-state index >= 15 is 0 Å². The van der Waals surface area contributed by atoms with Crippen molar-refractivity contribution in [2.24, 2.45) is 7.05 Å². The summed E-state index contributed by atoms with van der Waals surface area (Å²) in [4.78, 5) is 25.6. The molecule has 2 aliphatic rings. The molecule has 0 bridgehead atoms. The molecular weight excluding hydrogens is 346 g/mol. The number of aliphatic hydroxyl groups is 1. The lowest BCUT2D eigenvalue weighted by atomic mass is 9.96. The van der Waals surface area contributed by atoms with Gasteiger partial charge in [0.05, 0.1) is 6.10 Å². The smallest absolute Gasteiger partial charge is 0.345 e. The van der Waals surface area contributed by atoms with Gasteiger partial charge < -0.3 is 14.9 Å². The number of aryl methyl sites for hydroxylation is 1. The van der Waals surface area contributed by atoms with Crippen LogP contribution in [0.1, 0.15) is 37.9 Å². The second kappa shape index (κ2) is 7.30. The minimum absolute atomic E-state index is 0.0428. The highest BCUT2D eigenvalue weighted by Crippen LogP contribution is 2.28. The van der Waals surface area contributed by atoms with Gasteiger partial charge in [0.1, 0.15) is 11.6 Å². The van der Waals surface area contributed by atoms with Gasteiger partial charge in [-0.05, 0) is 32.3 Å². The first-order valence-corrected chi connectivity index (χ1v) is 9.71. The fourth-order valence-electron chi connectivity index (χ4n) is 4.08. The molecule has 9 nitrogen and oxygen atoms in total. The van der Waals surface area contributed by atoms with E-state index < -0.39 is 0 Å². The Morgan fingerprint density at radius 1 is 1.19 bits per heavy atom. The summed E-state index contributed by atoms with van der Waals surface area (Å²) in [5.74, 6) is 2.79. The molecule has 2 saturated heterocycles. The third kappa shape index (κ3) is 3.43. The third-order valence-corrected chi connectivity index (χ3v) is 5.61. The van der Waals surface area contributed by atoms with Crippen LogP contribution in [0.5, 0.6) is 0 Å². The molecule has 27 heavy (non-hydrogen) atoms. The summed E-state index contributed by atoms with van der Waals surface area (Å²) in [5, 5.41) is 14.2. The number of hydrogen-bond acceptors (Lipinski definition) is 7. The summed E-state index contributed by atoms with van der Waals surface area (Å²) in [7, 11) is 1.71. The zero-order valence-electron chi connectivity index (χ0n) is 16.0. The monoisotopic (exact) mass is 373 g/mol. The number of aliphatic hydroxyl groups excluding tert-OH is 1. The van der Waals surface area contributed by atoms with Gasteiger partial charge in [-0.15, -0.1) is 0 Å². The molecule has 0 aromatic carbocycles. The number of aromatic nitrogens is 5. The highest BCUT2D eigenvalue weighted by atomic mass is 16.3. The van der Waals surface area contributed by atoms with Crippen molar-refractivity contribution in [2.75, 3.05) is 36.0 Å². The maximum atomic E-state index is 12.1. The van der Waals surface area contributed by atoms with Crippen molar-refractivity contribution < 1.29 is 5.11 Å². The lowest BCUT2D eigenvalue weighted by Crippen LogP contribution is -2.35. The Morgan fingerprint density at radius 2 is 1.93 bits per heavy atom. The average molecular weight is 373 g/mol. The Kier molecular flexibility index (Phi) is 4.86. The van der Waals surface area contributed by atoms with Crippen LogP contribution < -0.4 is 15.5 Å². The van der Waals surface area contributed by atoms with E-state index in [1.54, 1.807) is 17.8 Å². The van der Waals surface area contributed by atoms with Crippen LogP contribution in [0.4, 0.5) is 11.8 Å². The van der Waals surface area contributed by atoms with Gasteiger partial charge in [-0.2, -0.15) is 10.1 Å². The van der Waals surface area contributed by atoms with Crippen molar-refractivity contribution in [1.82, 2.24) is 24.3 Å². The van der Waals surface area contributed by atoms with E-state index in [2.05, 4.69) is 19.9 Å². The number of anilines is 2. The van der Waals surface area contributed by atoms with Gasteiger partial charge in [-0.25, -0.2) is 14.5 Å². The van der Waals surface area contributed by atoms with Crippen molar-refractivity contribution >= 4 is 11.8 Å². The number of β-amino-alcohol motifs (C(OH)–C–C–N with tert-alkyl or cyclic N) is 1. The highest BCUT2D eigenvalue weighted by molar-refractivity contribution is 5.45. The molecule has 4 rings (SSSR count). The van der Waals surface area contributed by atoms with E-state index in [4.69, 9.17) is 4.98 Å². The summed E-state index contributed by atoms with van der Waals surface area (Å²) in [5.41, 5.74) is -0.0428. The fraction of sp³-hybridized carbons (Fsp3) is 0.667. The zero-order valence-corrected chi connectivity index (χ0v) is 16.0. The summed E-state index contributed by atoms with van der Waals surface area (Å²) in [6.45, 7) is 5.77. The maximum Gasteiger partial charge on any atom is 0.345 e. The Labute approximate surface area is 158 Å². The van der Waals surface area contributed by atoms with Crippen LogP contribution in [0.15, 0.2) is 17.1 Å². The lowest BCUT2D eigenvalue weighted by molar-refractivity contribution is 0.198. The maximum absolute atomic E-state index is 12.1. The molecule has 9 heteroatoms. The fourth-order valence-corrected chi connectivity index (χ4v) is 4.08. The SMILES string of the molecule is CCn1c(C2CCN(c3nccc(N4CC[C@H](O)C4)n3)CC2)nn(C)c1=O. The Morgan fingerprint density at radius 3 is 2.59 bits per heavy atom. The normalized spacial score (nSPS) is 21.2. The number of nitrogens with zero attached hydrogens (tertiary/aromatic N) is 7. The molecule has 2 aromatic rings. The number of hydrogen-bond donors (Lipinski definition) is 1. The second-order valence-electron chi connectivity index (χ2n) is 7.37. The van der Waals surface area contributed by atoms with E-state index in [9.17, 15) is 9.90 Å². The topological polar surface area (TPSA) is 92.3 Å². The molecule has 0 amide bonds. The summed E-state index contributed by atoms with van der Waals surface area (Å²) in [6.07, 6.45) is 4.16. The van der Waals surface area contributed by atoms with Crippen LogP contribution in [0.25, 0.3) is 0 Å². The molecule has 0 spiro atoms. The van der Waals surface area contributed by atoms with Gasteiger partial charge in [0.25, 0.3) is 0 Å². The first-order chi connectivity index (χ1) is 13.1. The highest BCUT2D eigenvalue weighted by Gasteiger charge is 2.28. The molecule has 2 aliphatic heterocycles. The Hall–Kier alpha value is -2.42. The van der Waals surface area contributed by atoms with Crippen molar-refractivity contribution in [2.45, 2.75) is 44.8 Å². The Balaban J connectivity index is 1.45. The van der Waals surface area contributed by atoms with Crippen LogP contribution in [-0.2, 0) is 13.6 Å². The van der Waals surface area contributed by atoms with Gasteiger partial charge in [-0.1, -0.05) is 0 Å². The minimum Gasteiger partial charge on any atom is -0.391 e. The van der Waals surface area contributed by atoms with Crippen molar-refractivity contribution in [3.8, 4) is 0 Å². The molecule has 0 saturated carbocycles. The molecule has 4 heterocycles. The molecule has 0 unspecified atom stereocenters. The quantitative estimate of drug-likeness (QED) is 0.826. The van der Waals surface area contributed by atoms with E-state index in [1.165, 1.54) is 4.68 Å². The number of piperidine rings is 1. The summed E-state index contributed by atoms with van der Waals surface area (Å²) >= 11 is 0. The van der Waals surface area contributed by atoms with Crippen LogP contribution in [0.2, 0.25) is 0 Å². The van der Waals surface area contributed by atoms with E-state index in [-0.39, 0.29) is 17.7 Å². The number of rotatable bonds is 4. The van der Waals surface area contributed by atoms with E-state index in [0.29, 0.717) is 13.1 Å². The summed E-state index contributed by atoms with van der Waals surface area (Å²) < 4.78 is 3.21. The molecule has 0 radical (unpaired) electrons. The van der Waals surface area contributed by atoms with Crippen LogP contribution in [0.3, 0.4) is 0 Å². The van der Waals surface area contributed by atoms with Crippen LogP contribution in [0, 0.1) is 0 Å². The van der Waals surface area contributed by atoms with Gasteiger partial charge >= 0.3 is 5.69 Å². The van der Waals surface area contributed by atoms with E-state index in [0.717, 1.165) is 56.5 Å². The predicted octanol–water partition coefficient (Wildman–Crippen LogP) is 0.347. The average Bonchev–Trinajstić information content (AvgIpc) is 3.25. The van der Waals surface area contributed by atoms with Crippen molar-refractivity contribution in [3.05, 3.63) is 28.6 Å². The van der Waals surface area contributed by atoms with Gasteiger partial charge in [0.15, 0.2) is 0 Å². The summed E-state index contributed by atoms with van der Waals surface area (Å²) in [6, 6.07) is 1.90. The first kappa shape index (κ1) is 18.0. The molecule has 1 atom stereocenters. The molecule has 1 N–H and O–H groups in total. The van der Waals surface area contributed by atoms with Gasteiger partial charge in [-0.3, -0.25) is 4.57 Å². The first-order valence-electron chi connectivity index (χ1n) is 9.71. The molecule has 2 fully saturated rings. The Bertz CT molecular complexity index is 854. The van der Waals surface area contributed by atoms with Crippen LogP contribution >= 0.6 is 0 Å². The molecule has 146 valence electrons. The third-order valence-electron chi connectivity index (χ3n) is 5.61. The van der Waals surface area contributed by atoms with Gasteiger partial charge in [0.2, 0.25) is 5.95 Å². The predicted molar refractivity (Wildman–Crippen MR) is 102 cm³/mol. The standard InChI is InChI=1S/C18H27N7O2/c1-3-25-16(21-22(2)18(25)27)13-5-9-23(10-6-13)17-19-8-4-15(20-17)24-11-7-14(26)12-24/h4,8,13-14,26H,3,5-7,9-12H2,1-2H3/t14-/m0/s1. The van der Waals surface area contributed by atoms with Crippen molar-refractivity contribution in [1.29, 1.82) is 0 Å². The molecule has 0 aliphatic carbocycles. The lowest BCUT2D eigenvalue weighted by Gasteiger charge is -2.32. The van der Waals surface area contributed by atoms with Crippen molar-refractivity contribution in [3.63, 3.8) is 0 Å². The van der Waals surface area contributed by atoms with Crippen LogP contribution in [-0.4, -0.2) is 61.7 Å². The second-order valence-corrected chi connectivity index (χ2v) is 7.37. The molecular formula is C18H27N7O2. The minimum atomic E-state index is -0.270. The van der Waals surface area contributed by atoms with E-state index in [1.807, 2.05) is 13.0 Å². The van der Waals surface area contributed by atoms with Gasteiger partial charge in [0, 0.05) is 51.9 Å². The molecule has 2 aromatic heterocycles. The largest absolute Gasteiger partial charge is 0.391 e.